The number of hydrogen-bond acceptors (Lipinski definition) is 3. The van der Waals surface area contributed by atoms with E-state index >= 15 is 0 Å². The van der Waals surface area contributed by atoms with Crippen molar-refractivity contribution < 1.29 is 4.79 Å². The number of pyridine rings is 1. The van der Waals surface area contributed by atoms with Crippen LogP contribution in [0.2, 0.25) is 0 Å². The number of imidazole rings is 1. The van der Waals surface area contributed by atoms with Crippen LogP contribution in [-0.4, -0.2) is 28.9 Å². The van der Waals surface area contributed by atoms with E-state index in [0.717, 1.165) is 23.6 Å². The van der Waals surface area contributed by atoms with Crippen LogP contribution in [0, 0.1) is 0 Å². The van der Waals surface area contributed by atoms with Crippen LogP contribution in [0.25, 0.3) is 5.52 Å². The Balaban J connectivity index is 1.37. The Labute approximate surface area is 170 Å². The zero-order valence-corrected chi connectivity index (χ0v) is 16.5. The van der Waals surface area contributed by atoms with Crippen molar-refractivity contribution in [2.45, 2.75) is 13.0 Å². The average Bonchev–Trinajstić information content (AvgIpc) is 3.18. The summed E-state index contributed by atoms with van der Waals surface area (Å²) in [6, 6.07) is 24.0. The van der Waals surface area contributed by atoms with E-state index in [9.17, 15) is 4.79 Å². The van der Waals surface area contributed by atoms with Crippen LogP contribution in [0.1, 0.15) is 21.7 Å². The lowest BCUT2D eigenvalue weighted by molar-refractivity contribution is 0.0954. The highest BCUT2D eigenvalue weighted by Crippen LogP contribution is 2.17. The smallest absolute Gasteiger partial charge is 0.251 e. The Hall–Kier alpha value is -3.60. The van der Waals surface area contributed by atoms with Gasteiger partial charge in [0.2, 0.25) is 0 Å². The molecule has 1 amide bonds. The molecule has 0 radical (unpaired) electrons. The lowest BCUT2D eigenvalue weighted by Gasteiger charge is -2.20. The van der Waals surface area contributed by atoms with Gasteiger partial charge in [0.1, 0.15) is 5.82 Å². The van der Waals surface area contributed by atoms with Crippen molar-refractivity contribution in [2.75, 3.05) is 18.5 Å². The molecule has 29 heavy (non-hydrogen) atoms. The van der Waals surface area contributed by atoms with Gasteiger partial charge in [-0.1, -0.05) is 42.5 Å². The van der Waals surface area contributed by atoms with Crippen LogP contribution < -0.4 is 10.2 Å². The normalized spacial score (nSPS) is 10.8. The molecule has 0 aliphatic heterocycles. The molecule has 0 fully saturated rings. The molecule has 0 atom stereocenters. The van der Waals surface area contributed by atoms with Crippen molar-refractivity contribution in [3.8, 4) is 0 Å². The standard InChI is InChI=1S/C24H24N4O/c1-27(18-19-8-3-2-4-9-19)21-12-7-10-20(16-21)24(29)25-14-13-23-26-17-22-11-5-6-15-28(22)23/h2-12,15-17H,13-14,18H2,1H3,(H,25,29). The average molecular weight is 384 g/mol. The SMILES string of the molecule is CN(Cc1ccccc1)c1cccc(C(=O)NCCc2ncc3ccccn23)c1. The molecule has 5 nitrogen and oxygen atoms in total. The topological polar surface area (TPSA) is 49.6 Å². The molecule has 1 N–H and O–H groups in total. The number of benzene rings is 2. The zero-order chi connectivity index (χ0) is 20.1. The summed E-state index contributed by atoms with van der Waals surface area (Å²) in [5, 5.41) is 3.01. The second-order valence-electron chi connectivity index (χ2n) is 7.07. The van der Waals surface area contributed by atoms with E-state index in [2.05, 4.69) is 27.3 Å². The molecule has 2 aromatic carbocycles. The minimum absolute atomic E-state index is 0.0687. The summed E-state index contributed by atoms with van der Waals surface area (Å²) in [6.45, 7) is 1.33. The maximum Gasteiger partial charge on any atom is 0.251 e. The van der Waals surface area contributed by atoms with Gasteiger partial charge in [0.25, 0.3) is 5.91 Å². The Morgan fingerprint density at radius 3 is 2.72 bits per heavy atom. The van der Waals surface area contributed by atoms with Crippen molar-refractivity contribution >= 4 is 17.1 Å². The van der Waals surface area contributed by atoms with Crippen molar-refractivity contribution in [2.24, 2.45) is 0 Å². The van der Waals surface area contributed by atoms with Crippen LogP contribution >= 0.6 is 0 Å². The maximum atomic E-state index is 12.6. The van der Waals surface area contributed by atoms with Gasteiger partial charge >= 0.3 is 0 Å². The number of rotatable bonds is 7. The molecule has 0 saturated heterocycles. The molecule has 0 aliphatic rings. The van der Waals surface area contributed by atoms with Gasteiger partial charge in [-0.2, -0.15) is 0 Å². The second-order valence-corrected chi connectivity index (χ2v) is 7.07. The number of carbonyl (C=O) groups excluding carboxylic acids is 1. The van der Waals surface area contributed by atoms with E-state index in [1.807, 2.05) is 84.5 Å². The molecule has 146 valence electrons. The number of nitrogens with zero attached hydrogens (tertiary/aromatic N) is 3. The fraction of sp³-hybridized carbons (Fsp3) is 0.167. The molecule has 4 rings (SSSR count). The van der Waals surface area contributed by atoms with Gasteiger partial charge in [-0.05, 0) is 35.9 Å². The number of aromatic nitrogens is 2. The van der Waals surface area contributed by atoms with Gasteiger partial charge in [-0.15, -0.1) is 0 Å². The highest BCUT2D eigenvalue weighted by molar-refractivity contribution is 5.95. The van der Waals surface area contributed by atoms with Gasteiger partial charge in [0.15, 0.2) is 0 Å². The third-order valence-electron chi connectivity index (χ3n) is 4.96. The molecule has 4 aromatic rings. The molecule has 2 aromatic heterocycles. The van der Waals surface area contributed by atoms with Gasteiger partial charge < -0.3 is 14.6 Å². The first-order valence-corrected chi connectivity index (χ1v) is 9.75. The summed E-state index contributed by atoms with van der Waals surface area (Å²) < 4.78 is 2.05. The molecule has 2 heterocycles. The van der Waals surface area contributed by atoms with Crippen LogP contribution in [-0.2, 0) is 13.0 Å². The summed E-state index contributed by atoms with van der Waals surface area (Å²) in [5.41, 5.74) is 3.97. The largest absolute Gasteiger partial charge is 0.370 e. The molecular formula is C24H24N4O. The van der Waals surface area contributed by atoms with Crippen molar-refractivity contribution in [1.82, 2.24) is 14.7 Å². The summed E-state index contributed by atoms with van der Waals surface area (Å²) in [5.74, 6) is 0.873. The predicted molar refractivity (Wildman–Crippen MR) is 116 cm³/mol. The number of anilines is 1. The Bertz CT molecular complexity index is 1100. The molecule has 0 bridgehead atoms. The first-order chi connectivity index (χ1) is 14.2. The number of carbonyl (C=O) groups is 1. The fourth-order valence-corrected chi connectivity index (χ4v) is 3.41. The summed E-state index contributed by atoms with van der Waals surface area (Å²) in [4.78, 5) is 19.2. The quantitative estimate of drug-likeness (QED) is 0.525. The monoisotopic (exact) mass is 384 g/mol. The van der Waals surface area contributed by atoms with Crippen LogP contribution in [0.4, 0.5) is 5.69 Å². The van der Waals surface area contributed by atoms with E-state index in [0.29, 0.717) is 18.5 Å². The first-order valence-electron chi connectivity index (χ1n) is 9.75. The number of fused-ring (bicyclic) bond motifs is 1. The minimum atomic E-state index is -0.0687. The Morgan fingerprint density at radius 2 is 1.86 bits per heavy atom. The minimum Gasteiger partial charge on any atom is -0.370 e. The molecule has 0 aliphatic carbocycles. The van der Waals surface area contributed by atoms with Gasteiger partial charge in [-0.25, -0.2) is 4.98 Å². The summed E-state index contributed by atoms with van der Waals surface area (Å²) >= 11 is 0. The van der Waals surface area contributed by atoms with E-state index in [-0.39, 0.29) is 5.91 Å². The third kappa shape index (κ3) is 4.46. The first kappa shape index (κ1) is 18.7. The lowest BCUT2D eigenvalue weighted by Crippen LogP contribution is -2.26. The summed E-state index contributed by atoms with van der Waals surface area (Å²) in [7, 11) is 2.04. The lowest BCUT2D eigenvalue weighted by atomic mass is 10.1. The van der Waals surface area contributed by atoms with Crippen molar-refractivity contribution in [3.63, 3.8) is 0 Å². The van der Waals surface area contributed by atoms with E-state index in [1.54, 1.807) is 0 Å². The van der Waals surface area contributed by atoms with Crippen molar-refractivity contribution in [1.29, 1.82) is 0 Å². The number of amides is 1. The molecule has 0 unspecified atom stereocenters. The zero-order valence-electron chi connectivity index (χ0n) is 16.5. The molecule has 0 spiro atoms. The molecular weight excluding hydrogens is 360 g/mol. The molecule has 0 saturated carbocycles. The van der Waals surface area contributed by atoms with Gasteiger partial charge in [0.05, 0.1) is 11.7 Å². The van der Waals surface area contributed by atoms with E-state index in [1.165, 1.54) is 5.56 Å². The van der Waals surface area contributed by atoms with Gasteiger partial charge in [0, 0.05) is 44.0 Å². The number of hydrogen-bond donors (Lipinski definition) is 1. The molecule has 5 heteroatoms. The van der Waals surface area contributed by atoms with Crippen LogP contribution in [0.3, 0.4) is 0 Å². The van der Waals surface area contributed by atoms with Crippen molar-refractivity contribution in [3.05, 3.63) is 102 Å². The number of nitrogens with one attached hydrogen (secondary N) is 1. The highest BCUT2D eigenvalue weighted by Gasteiger charge is 2.09. The third-order valence-corrected chi connectivity index (χ3v) is 4.96. The Kier molecular flexibility index (Phi) is 5.56. The fourth-order valence-electron chi connectivity index (χ4n) is 3.41. The van der Waals surface area contributed by atoms with E-state index in [4.69, 9.17) is 0 Å². The van der Waals surface area contributed by atoms with Crippen LogP contribution in [0.5, 0.6) is 0 Å². The summed E-state index contributed by atoms with van der Waals surface area (Å²) in [6.07, 6.45) is 4.52. The second kappa shape index (κ2) is 8.61. The van der Waals surface area contributed by atoms with E-state index < -0.39 is 0 Å². The Morgan fingerprint density at radius 1 is 1.03 bits per heavy atom. The van der Waals surface area contributed by atoms with Crippen LogP contribution in [0.15, 0.2) is 85.2 Å². The van der Waals surface area contributed by atoms with Gasteiger partial charge in [-0.3, -0.25) is 4.79 Å². The maximum absolute atomic E-state index is 12.6. The highest BCUT2D eigenvalue weighted by atomic mass is 16.1. The predicted octanol–water partition coefficient (Wildman–Crippen LogP) is 3.94.